The highest BCUT2D eigenvalue weighted by atomic mass is 35.5. The normalized spacial score (nSPS) is 11.9. The van der Waals surface area contributed by atoms with Crippen molar-refractivity contribution in [3.63, 3.8) is 0 Å². The second-order valence-corrected chi connectivity index (χ2v) is 4.50. The number of benzene rings is 2. The van der Waals surface area contributed by atoms with Crippen LogP contribution in [0.25, 0.3) is 0 Å². The molecule has 1 atom stereocenters. The van der Waals surface area contributed by atoms with E-state index in [0.29, 0.717) is 10.8 Å². The molecule has 0 saturated heterocycles. The number of nitro groups is 1. The van der Waals surface area contributed by atoms with Crippen molar-refractivity contribution in [1.29, 1.82) is 0 Å². The van der Waals surface area contributed by atoms with Crippen molar-refractivity contribution in [3.8, 4) is 5.75 Å². The Kier molecular flexibility index (Phi) is 4.02. The van der Waals surface area contributed by atoms with Gasteiger partial charge in [-0.05, 0) is 36.8 Å². The largest absolute Gasteiger partial charge is 0.486 e. The number of halogens is 1. The second kappa shape index (κ2) is 5.71. The van der Waals surface area contributed by atoms with Crippen molar-refractivity contribution < 1.29 is 9.66 Å². The molecular weight excluding hydrogens is 266 g/mol. The lowest BCUT2D eigenvalue weighted by atomic mass is 10.1. The Morgan fingerprint density at radius 1 is 1.21 bits per heavy atom. The molecule has 98 valence electrons. The molecule has 1 unspecified atom stereocenters. The summed E-state index contributed by atoms with van der Waals surface area (Å²) in [5, 5.41) is 11.2. The first-order chi connectivity index (χ1) is 9.06. The summed E-state index contributed by atoms with van der Waals surface area (Å²) in [5.74, 6) is 0.582. The summed E-state index contributed by atoms with van der Waals surface area (Å²) in [6.45, 7) is 1.90. The van der Waals surface area contributed by atoms with Gasteiger partial charge in [-0.15, -0.1) is 0 Å². The summed E-state index contributed by atoms with van der Waals surface area (Å²) in [4.78, 5) is 10.1. The van der Waals surface area contributed by atoms with Gasteiger partial charge in [0.1, 0.15) is 11.9 Å². The van der Waals surface area contributed by atoms with Crippen LogP contribution in [0.2, 0.25) is 5.02 Å². The van der Waals surface area contributed by atoms with Crippen molar-refractivity contribution in [2.24, 2.45) is 0 Å². The molecule has 2 aromatic rings. The molecule has 0 N–H and O–H groups in total. The number of ether oxygens (including phenoxy) is 1. The minimum atomic E-state index is -0.440. The van der Waals surface area contributed by atoms with E-state index < -0.39 is 4.92 Å². The molecule has 0 aromatic heterocycles. The van der Waals surface area contributed by atoms with Gasteiger partial charge in [-0.1, -0.05) is 23.7 Å². The van der Waals surface area contributed by atoms with Gasteiger partial charge in [-0.2, -0.15) is 0 Å². The quantitative estimate of drug-likeness (QED) is 0.615. The highest BCUT2D eigenvalue weighted by Gasteiger charge is 2.09. The van der Waals surface area contributed by atoms with Gasteiger partial charge in [0.15, 0.2) is 0 Å². The third-order valence-electron chi connectivity index (χ3n) is 2.68. The van der Waals surface area contributed by atoms with Gasteiger partial charge < -0.3 is 4.74 Å². The monoisotopic (exact) mass is 277 g/mol. The van der Waals surface area contributed by atoms with E-state index in [1.54, 1.807) is 18.2 Å². The molecule has 0 spiro atoms. The van der Waals surface area contributed by atoms with Crippen LogP contribution in [0.4, 0.5) is 5.69 Å². The van der Waals surface area contributed by atoms with Gasteiger partial charge in [-0.3, -0.25) is 10.1 Å². The first-order valence-corrected chi connectivity index (χ1v) is 6.10. The number of non-ortho nitro benzene ring substituents is 1. The van der Waals surface area contributed by atoms with Gasteiger partial charge in [0.2, 0.25) is 0 Å². The molecule has 0 aliphatic carbocycles. The van der Waals surface area contributed by atoms with Gasteiger partial charge >= 0.3 is 0 Å². The number of hydrogen-bond donors (Lipinski definition) is 0. The molecule has 0 bridgehead atoms. The van der Waals surface area contributed by atoms with Crippen molar-refractivity contribution in [2.45, 2.75) is 13.0 Å². The highest BCUT2D eigenvalue weighted by Crippen LogP contribution is 2.25. The molecule has 0 fully saturated rings. The van der Waals surface area contributed by atoms with Gasteiger partial charge in [0, 0.05) is 17.2 Å². The van der Waals surface area contributed by atoms with Crippen LogP contribution in [-0.2, 0) is 0 Å². The molecule has 19 heavy (non-hydrogen) atoms. The fourth-order valence-corrected chi connectivity index (χ4v) is 1.88. The zero-order valence-electron chi connectivity index (χ0n) is 10.2. The van der Waals surface area contributed by atoms with E-state index in [-0.39, 0.29) is 11.8 Å². The van der Waals surface area contributed by atoms with E-state index in [0.717, 1.165) is 5.56 Å². The van der Waals surface area contributed by atoms with Crippen LogP contribution < -0.4 is 4.74 Å². The number of nitro benzene ring substituents is 1. The van der Waals surface area contributed by atoms with E-state index in [2.05, 4.69) is 0 Å². The van der Waals surface area contributed by atoms with Gasteiger partial charge in [-0.25, -0.2) is 0 Å². The molecular formula is C14H12ClNO3. The second-order valence-electron chi connectivity index (χ2n) is 4.07. The van der Waals surface area contributed by atoms with E-state index in [9.17, 15) is 10.1 Å². The van der Waals surface area contributed by atoms with Crippen molar-refractivity contribution in [3.05, 3.63) is 69.2 Å². The van der Waals surface area contributed by atoms with Crippen molar-refractivity contribution >= 4 is 17.3 Å². The van der Waals surface area contributed by atoms with Crippen molar-refractivity contribution in [1.82, 2.24) is 0 Å². The predicted octanol–water partition coefficient (Wildman–Crippen LogP) is 4.39. The summed E-state index contributed by atoms with van der Waals surface area (Å²) in [7, 11) is 0. The molecule has 2 aromatic carbocycles. The topological polar surface area (TPSA) is 52.4 Å². The van der Waals surface area contributed by atoms with Crippen LogP contribution in [0, 0.1) is 10.1 Å². The van der Waals surface area contributed by atoms with Crippen molar-refractivity contribution in [2.75, 3.05) is 0 Å². The van der Waals surface area contributed by atoms with E-state index in [1.165, 1.54) is 12.1 Å². The molecule has 0 radical (unpaired) electrons. The van der Waals surface area contributed by atoms with Gasteiger partial charge in [0.05, 0.1) is 4.92 Å². The zero-order valence-corrected chi connectivity index (χ0v) is 11.0. The molecule has 0 aliphatic rings. The molecule has 2 rings (SSSR count). The number of nitrogens with zero attached hydrogens (tertiary/aromatic N) is 1. The minimum Gasteiger partial charge on any atom is -0.486 e. The molecule has 5 heteroatoms. The fraction of sp³-hybridized carbons (Fsp3) is 0.143. The van der Waals surface area contributed by atoms with Crippen LogP contribution in [0.15, 0.2) is 48.5 Å². The average Bonchev–Trinajstić information content (AvgIpc) is 2.39. The summed E-state index contributed by atoms with van der Waals surface area (Å²) < 4.78 is 5.71. The Labute approximate surface area is 115 Å². The molecule has 0 aliphatic heterocycles. The Morgan fingerprint density at radius 2 is 1.89 bits per heavy atom. The minimum absolute atomic E-state index is 0.0442. The summed E-state index contributed by atoms with van der Waals surface area (Å²) >= 11 is 5.92. The molecule has 0 amide bonds. The van der Waals surface area contributed by atoms with Crippen LogP contribution in [0.3, 0.4) is 0 Å². The summed E-state index contributed by atoms with van der Waals surface area (Å²) in [5.41, 5.74) is 0.994. The standard InChI is InChI=1S/C14H12ClNO3/c1-10(11-3-2-4-12(15)9-11)19-14-7-5-13(6-8-14)16(17)18/h2-10H,1H3. The van der Waals surface area contributed by atoms with Gasteiger partial charge in [0.25, 0.3) is 5.69 Å². The SMILES string of the molecule is CC(Oc1ccc([N+](=O)[O-])cc1)c1cccc(Cl)c1. The van der Waals surface area contributed by atoms with Crippen LogP contribution in [0.5, 0.6) is 5.75 Å². The highest BCUT2D eigenvalue weighted by molar-refractivity contribution is 6.30. The first kappa shape index (κ1) is 13.4. The molecule has 4 nitrogen and oxygen atoms in total. The Morgan fingerprint density at radius 3 is 2.47 bits per heavy atom. The van der Waals surface area contributed by atoms with E-state index in [1.807, 2.05) is 25.1 Å². The summed E-state index contributed by atoms with van der Waals surface area (Å²) in [6, 6.07) is 13.4. The lowest BCUT2D eigenvalue weighted by Crippen LogP contribution is -2.02. The Balaban J connectivity index is 2.10. The van der Waals surface area contributed by atoms with Crippen LogP contribution in [0.1, 0.15) is 18.6 Å². The lowest BCUT2D eigenvalue weighted by Gasteiger charge is -2.15. The van der Waals surface area contributed by atoms with E-state index in [4.69, 9.17) is 16.3 Å². The fourth-order valence-electron chi connectivity index (χ4n) is 1.68. The maximum atomic E-state index is 10.5. The molecule has 0 heterocycles. The zero-order chi connectivity index (χ0) is 13.8. The molecule has 0 saturated carbocycles. The van der Waals surface area contributed by atoms with E-state index >= 15 is 0 Å². The Bertz CT molecular complexity index is 583. The predicted molar refractivity (Wildman–Crippen MR) is 73.6 cm³/mol. The smallest absolute Gasteiger partial charge is 0.269 e. The third kappa shape index (κ3) is 3.45. The first-order valence-electron chi connectivity index (χ1n) is 5.73. The average molecular weight is 278 g/mol. The Hall–Kier alpha value is -2.07. The maximum Gasteiger partial charge on any atom is 0.269 e. The lowest BCUT2D eigenvalue weighted by molar-refractivity contribution is -0.384. The number of hydrogen-bond acceptors (Lipinski definition) is 3. The van der Waals surface area contributed by atoms with Crippen LogP contribution >= 0.6 is 11.6 Å². The van der Waals surface area contributed by atoms with Crippen LogP contribution in [-0.4, -0.2) is 4.92 Å². The third-order valence-corrected chi connectivity index (χ3v) is 2.91. The number of rotatable bonds is 4. The summed E-state index contributed by atoms with van der Waals surface area (Å²) in [6.07, 6.45) is -0.180. The maximum absolute atomic E-state index is 10.5.